The summed E-state index contributed by atoms with van der Waals surface area (Å²) in [5.74, 6) is 1.10. The van der Waals surface area contributed by atoms with E-state index in [-0.39, 0.29) is 17.5 Å². The van der Waals surface area contributed by atoms with Crippen LogP contribution in [0.1, 0.15) is 0 Å². The molecule has 0 spiro atoms. The van der Waals surface area contributed by atoms with Gasteiger partial charge in [-0.05, 0) is 30.3 Å². The number of nitro groups is 1. The maximum Gasteiger partial charge on any atom is 0.283 e. The van der Waals surface area contributed by atoms with Crippen molar-refractivity contribution < 1.29 is 13.8 Å². The highest BCUT2D eigenvalue weighted by Crippen LogP contribution is 2.33. The molecule has 1 aromatic carbocycles. The summed E-state index contributed by atoms with van der Waals surface area (Å²) in [5, 5.41) is 19.0. The van der Waals surface area contributed by atoms with Crippen molar-refractivity contribution in [3.05, 3.63) is 70.9 Å². The van der Waals surface area contributed by atoms with Crippen LogP contribution in [0.25, 0.3) is 34.6 Å². The number of nitro benzene ring substituents is 1. The molecule has 25 heavy (non-hydrogen) atoms. The van der Waals surface area contributed by atoms with Crippen LogP contribution in [0.2, 0.25) is 0 Å². The first-order chi connectivity index (χ1) is 12.2. The Bertz CT molecular complexity index is 1040. The van der Waals surface area contributed by atoms with E-state index in [0.717, 1.165) is 0 Å². The third kappa shape index (κ3) is 2.76. The van der Waals surface area contributed by atoms with E-state index in [0.29, 0.717) is 22.8 Å². The zero-order valence-electron chi connectivity index (χ0n) is 12.7. The molecule has 0 amide bonds. The van der Waals surface area contributed by atoms with Crippen molar-refractivity contribution in [2.75, 3.05) is 0 Å². The van der Waals surface area contributed by atoms with Crippen LogP contribution >= 0.6 is 0 Å². The second-order valence-corrected chi connectivity index (χ2v) is 5.07. The maximum atomic E-state index is 11.1. The molecule has 0 fully saturated rings. The van der Waals surface area contributed by atoms with E-state index in [1.54, 1.807) is 48.7 Å². The van der Waals surface area contributed by atoms with Crippen LogP contribution in [0.3, 0.4) is 0 Å². The minimum Gasteiger partial charge on any atom is -0.451 e. The van der Waals surface area contributed by atoms with Crippen LogP contribution in [0.15, 0.2) is 69.6 Å². The summed E-state index contributed by atoms with van der Waals surface area (Å²) < 4.78 is 11.2. The van der Waals surface area contributed by atoms with Crippen molar-refractivity contribution in [1.29, 1.82) is 0 Å². The molecule has 0 atom stereocenters. The second kappa shape index (κ2) is 6.00. The molecular formula is C17H10N4O4. The van der Waals surface area contributed by atoms with Crippen molar-refractivity contribution in [2.24, 2.45) is 0 Å². The number of pyridine rings is 1. The van der Waals surface area contributed by atoms with Crippen molar-refractivity contribution in [3.63, 3.8) is 0 Å². The van der Waals surface area contributed by atoms with Crippen molar-refractivity contribution in [1.82, 2.24) is 15.2 Å². The fourth-order valence-electron chi connectivity index (χ4n) is 2.35. The normalized spacial score (nSPS) is 10.7. The van der Waals surface area contributed by atoms with Crippen molar-refractivity contribution in [2.45, 2.75) is 0 Å². The molecule has 122 valence electrons. The molecule has 0 radical (unpaired) electrons. The lowest BCUT2D eigenvalue weighted by Crippen LogP contribution is -1.90. The van der Waals surface area contributed by atoms with Crippen molar-refractivity contribution >= 4 is 5.69 Å². The first-order valence-corrected chi connectivity index (χ1v) is 7.31. The summed E-state index contributed by atoms with van der Waals surface area (Å²) in [7, 11) is 0. The predicted octanol–water partition coefficient (Wildman–Crippen LogP) is 3.97. The van der Waals surface area contributed by atoms with Gasteiger partial charge in [-0.2, -0.15) is 0 Å². The number of nitrogens with zero attached hydrogens (tertiary/aromatic N) is 4. The Labute approximate surface area is 140 Å². The Morgan fingerprint density at radius 1 is 0.840 bits per heavy atom. The SMILES string of the molecule is O=[N+]([O-])c1ccccc1-c1ccc(-c2nnc(-c3ccccn3)o2)o1. The average molecular weight is 334 g/mol. The van der Waals surface area contributed by atoms with Gasteiger partial charge < -0.3 is 8.83 Å². The Kier molecular flexibility index (Phi) is 3.55. The minimum absolute atomic E-state index is 0.0388. The fraction of sp³-hybridized carbons (Fsp3) is 0. The summed E-state index contributed by atoms with van der Waals surface area (Å²) in [5.41, 5.74) is 0.887. The molecular weight excluding hydrogens is 324 g/mol. The molecule has 4 rings (SSSR count). The molecule has 8 nitrogen and oxygen atoms in total. The van der Waals surface area contributed by atoms with Crippen LogP contribution in [-0.4, -0.2) is 20.1 Å². The van der Waals surface area contributed by atoms with Gasteiger partial charge in [-0.25, -0.2) is 0 Å². The highest BCUT2D eigenvalue weighted by Gasteiger charge is 2.20. The van der Waals surface area contributed by atoms with Crippen LogP contribution in [-0.2, 0) is 0 Å². The summed E-state index contributed by atoms with van der Waals surface area (Å²) in [4.78, 5) is 14.8. The van der Waals surface area contributed by atoms with Gasteiger partial charge in [-0.15, -0.1) is 10.2 Å². The molecule has 0 bridgehead atoms. The van der Waals surface area contributed by atoms with Gasteiger partial charge >= 0.3 is 0 Å². The first-order valence-electron chi connectivity index (χ1n) is 7.31. The third-order valence-electron chi connectivity index (χ3n) is 3.49. The zero-order valence-corrected chi connectivity index (χ0v) is 12.7. The van der Waals surface area contributed by atoms with Crippen molar-refractivity contribution in [3.8, 4) is 34.6 Å². The van der Waals surface area contributed by atoms with Gasteiger partial charge in [0.05, 0.1) is 10.5 Å². The summed E-state index contributed by atoms with van der Waals surface area (Å²) >= 11 is 0. The molecule has 0 aliphatic rings. The summed E-state index contributed by atoms with van der Waals surface area (Å²) in [6.07, 6.45) is 1.62. The van der Waals surface area contributed by atoms with Crippen LogP contribution in [0.4, 0.5) is 5.69 Å². The highest BCUT2D eigenvalue weighted by molar-refractivity contribution is 5.70. The largest absolute Gasteiger partial charge is 0.451 e. The predicted molar refractivity (Wildman–Crippen MR) is 87.3 cm³/mol. The topological polar surface area (TPSA) is 108 Å². The van der Waals surface area contributed by atoms with Gasteiger partial charge in [0, 0.05) is 12.3 Å². The average Bonchev–Trinajstić information content (AvgIpc) is 3.32. The van der Waals surface area contributed by atoms with Gasteiger partial charge in [0.15, 0.2) is 5.76 Å². The number of aromatic nitrogens is 3. The molecule has 0 aliphatic carbocycles. The number of benzene rings is 1. The van der Waals surface area contributed by atoms with Crippen LogP contribution < -0.4 is 0 Å². The lowest BCUT2D eigenvalue weighted by molar-refractivity contribution is -0.384. The molecule has 0 unspecified atom stereocenters. The number of furan rings is 1. The number of rotatable bonds is 4. The number of hydrogen-bond donors (Lipinski definition) is 0. The summed E-state index contributed by atoms with van der Waals surface area (Å²) in [6, 6.07) is 14.9. The Morgan fingerprint density at radius 2 is 1.60 bits per heavy atom. The van der Waals surface area contributed by atoms with E-state index in [4.69, 9.17) is 8.83 Å². The van der Waals surface area contributed by atoms with E-state index in [2.05, 4.69) is 15.2 Å². The fourth-order valence-corrected chi connectivity index (χ4v) is 2.35. The minimum atomic E-state index is -0.455. The second-order valence-electron chi connectivity index (χ2n) is 5.07. The van der Waals surface area contributed by atoms with Gasteiger partial charge in [-0.1, -0.05) is 18.2 Å². The highest BCUT2D eigenvalue weighted by atomic mass is 16.6. The van der Waals surface area contributed by atoms with Crippen LogP contribution in [0.5, 0.6) is 0 Å². The van der Waals surface area contributed by atoms with E-state index in [9.17, 15) is 10.1 Å². The molecule has 0 N–H and O–H groups in total. The Balaban J connectivity index is 1.69. The zero-order chi connectivity index (χ0) is 17.2. The monoisotopic (exact) mass is 334 g/mol. The summed E-state index contributed by atoms with van der Waals surface area (Å²) in [6.45, 7) is 0. The maximum absolute atomic E-state index is 11.1. The number of hydrogen-bond acceptors (Lipinski definition) is 7. The third-order valence-corrected chi connectivity index (χ3v) is 3.49. The molecule has 3 heterocycles. The molecule has 0 saturated carbocycles. The van der Waals surface area contributed by atoms with E-state index in [1.807, 2.05) is 6.07 Å². The van der Waals surface area contributed by atoms with E-state index >= 15 is 0 Å². The smallest absolute Gasteiger partial charge is 0.283 e. The first kappa shape index (κ1) is 14.8. The molecule has 0 saturated heterocycles. The van der Waals surface area contributed by atoms with Crippen LogP contribution in [0, 0.1) is 10.1 Å². The van der Waals surface area contributed by atoms with Gasteiger partial charge in [0.25, 0.3) is 17.5 Å². The van der Waals surface area contributed by atoms with Gasteiger partial charge in [0.1, 0.15) is 11.5 Å². The lowest BCUT2D eigenvalue weighted by Gasteiger charge is -1.98. The molecule has 4 aromatic rings. The lowest BCUT2D eigenvalue weighted by atomic mass is 10.1. The molecule has 3 aromatic heterocycles. The van der Waals surface area contributed by atoms with Gasteiger partial charge in [-0.3, -0.25) is 15.1 Å². The Hall–Kier alpha value is -3.81. The van der Waals surface area contributed by atoms with E-state index < -0.39 is 4.92 Å². The van der Waals surface area contributed by atoms with Gasteiger partial charge in [0.2, 0.25) is 0 Å². The quantitative estimate of drug-likeness (QED) is 0.410. The molecule has 0 aliphatic heterocycles. The standard InChI is InChI=1S/C17H10N4O4/c22-21(23)13-7-2-1-5-11(13)14-8-9-15(24-14)17-20-19-16(25-17)12-6-3-4-10-18-12/h1-10H. The molecule has 8 heteroatoms. The Morgan fingerprint density at radius 3 is 2.40 bits per heavy atom. The number of para-hydroxylation sites is 1. The van der Waals surface area contributed by atoms with E-state index in [1.165, 1.54) is 6.07 Å².